The highest BCUT2D eigenvalue weighted by molar-refractivity contribution is 5.93. The van der Waals surface area contributed by atoms with Crippen LogP contribution in [0.3, 0.4) is 0 Å². The van der Waals surface area contributed by atoms with Crippen LogP contribution in [-0.4, -0.2) is 30.5 Å². The van der Waals surface area contributed by atoms with E-state index >= 15 is 0 Å². The molecule has 1 heterocycles. The van der Waals surface area contributed by atoms with Crippen molar-refractivity contribution in [3.8, 4) is 0 Å². The predicted molar refractivity (Wildman–Crippen MR) is 129 cm³/mol. The van der Waals surface area contributed by atoms with Crippen molar-refractivity contribution in [1.29, 1.82) is 0 Å². The Labute approximate surface area is 182 Å². The van der Waals surface area contributed by atoms with E-state index in [-0.39, 0.29) is 11.8 Å². The molecule has 0 amide bonds. The maximum absolute atomic E-state index is 11.5. The van der Waals surface area contributed by atoms with E-state index < -0.39 is 0 Å². The Hall–Kier alpha value is -2.88. The number of ketones is 1. The van der Waals surface area contributed by atoms with E-state index in [1.807, 2.05) is 32.0 Å². The molecule has 0 aliphatic carbocycles. The molecule has 0 spiro atoms. The topological polar surface area (TPSA) is 35.9 Å². The zero-order valence-electron chi connectivity index (χ0n) is 19.3. The molecule has 1 aliphatic heterocycles. The fourth-order valence-corrected chi connectivity index (χ4v) is 3.82. The van der Waals surface area contributed by atoms with Crippen LogP contribution in [-0.2, 0) is 11.2 Å². The van der Waals surface area contributed by atoms with Gasteiger partial charge in [-0.25, -0.2) is 4.99 Å². The monoisotopic (exact) mass is 405 g/mol. The first-order chi connectivity index (χ1) is 14.2. The molecule has 160 valence electrons. The maximum atomic E-state index is 11.5. The Bertz CT molecular complexity index is 903. The van der Waals surface area contributed by atoms with Crippen LogP contribution in [0.1, 0.15) is 53.0 Å². The Morgan fingerprint density at radius 3 is 2.30 bits per heavy atom. The number of allylic oxidation sites excluding steroid dienone is 4. The third-order valence-corrected chi connectivity index (χ3v) is 5.64. The molecular formula is C26H35N3O. The standard InChI is InChI=1S/C26H35N3O/c1-9-22-16-23(10-2)29(18(3)4)26(27-7)25(22)15-21-11-13-24(14-12-21)28(8)17-19(5)20(6)30/h11-14,16-17,23H,3,7,9-10,15H2,1-2,4-6,8H3. The summed E-state index contributed by atoms with van der Waals surface area (Å²) >= 11 is 0. The molecule has 1 aromatic carbocycles. The highest BCUT2D eigenvalue weighted by Crippen LogP contribution is 2.35. The highest BCUT2D eigenvalue weighted by atomic mass is 16.1. The molecule has 1 unspecified atom stereocenters. The van der Waals surface area contributed by atoms with Gasteiger partial charge in [-0.2, -0.15) is 0 Å². The summed E-state index contributed by atoms with van der Waals surface area (Å²) in [5.74, 6) is 1.01. The van der Waals surface area contributed by atoms with Gasteiger partial charge < -0.3 is 9.80 Å². The van der Waals surface area contributed by atoms with Crippen molar-refractivity contribution in [2.75, 3.05) is 11.9 Å². The quantitative estimate of drug-likeness (QED) is 0.371. The number of rotatable bonds is 9. The Balaban J connectivity index is 2.36. The first kappa shape index (κ1) is 23.4. The zero-order chi connectivity index (χ0) is 22.4. The van der Waals surface area contributed by atoms with Crippen LogP contribution in [0.15, 0.2) is 76.4 Å². The van der Waals surface area contributed by atoms with Crippen molar-refractivity contribution in [2.45, 2.75) is 59.9 Å². The van der Waals surface area contributed by atoms with Crippen molar-refractivity contribution in [1.82, 2.24) is 4.90 Å². The lowest BCUT2D eigenvalue weighted by atomic mass is 9.90. The van der Waals surface area contributed by atoms with Gasteiger partial charge in [-0.1, -0.05) is 38.6 Å². The van der Waals surface area contributed by atoms with Crippen LogP contribution in [0, 0.1) is 0 Å². The van der Waals surface area contributed by atoms with Crippen LogP contribution in [0.2, 0.25) is 0 Å². The third-order valence-electron chi connectivity index (χ3n) is 5.64. The van der Waals surface area contributed by atoms with Crippen LogP contribution < -0.4 is 4.90 Å². The number of Topliss-reactive ketones (excluding diaryl/α,β-unsaturated/α-hetero) is 1. The third kappa shape index (κ3) is 5.18. The fraction of sp³-hybridized carbons (Fsp3) is 0.385. The Morgan fingerprint density at radius 2 is 1.83 bits per heavy atom. The van der Waals surface area contributed by atoms with Crippen molar-refractivity contribution >= 4 is 18.2 Å². The van der Waals surface area contributed by atoms with E-state index in [0.29, 0.717) is 0 Å². The first-order valence-corrected chi connectivity index (χ1v) is 10.6. The molecule has 0 fully saturated rings. The second-order valence-corrected chi connectivity index (χ2v) is 7.91. The van der Waals surface area contributed by atoms with Gasteiger partial charge in [-0.15, -0.1) is 0 Å². The smallest absolute Gasteiger partial charge is 0.156 e. The van der Waals surface area contributed by atoms with E-state index in [1.54, 1.807) is 6.92 Å². The first-order valence-electron chi connectivity index (χ1n) is 10.6. The Morgan fingerprint density at radius 1 is 1.20 bits per heavy atom. The van der Waals surface area contributed by atoms with Crippen molar-refractivity contribution < 1.29 is 4.79 Å². The van der Waals surface area contributed by atoms with Gasteiger partial charge in [0.05, 0.1) is 6.04 Å². The predicted octanol–water partition coefficient (Wildman–Crippen LogP) is 6.03. The van der Waals surface area contributed by atoms with E-state index in [1.165, 1.54) is 16.7 Å². The molecule has 4 heteroatoms. The summed E-state index contributed by atoms with van der Waals surface area (Å²) < 4.78 is 0. The summed E-state index contributed by atoms with van der Waals surface area (Å²) in [6, 6.07) is 8.73. The summed E-state index contributed by atoms with van der Waals surface area (Å²) in [6.07, 6.45) is 6.98. The van der Waals surface area contributed by atoms with Crippen LogP contribution in [0.4, 0.5) is 5.69 Å². The fourth-order valence-electron chi connectivity index (χ4n) is 3.82. The van der Waals surface area contributed by atoms with Gasteiger partial charge in [0, 0.05) is 42.2 Å². The number of nitrogens with zero attached hydrogens (tertiary/aromatic N) is 3. The number of carbonyl (C=O) groups excluding carboxylic acids is 1. The number of hydrogen-bond acceptors (Lipinski definition) is 4. The van der Waals surface area contributed by atoms with E-state index in [0.717, 1.165) is 42.0 Å². The van der Waals surface area contributed by atoms with Gasteiger partial charge in [0.25, 0.3) is 0 Å². The molecule has 4 nitrogen and oxygen atoms in total. The normalized spacial score (nSPS) is 17.0. The van der Waals surface area contributed by atoms with Crippen LogP contribution >= 0.6 is 0 Å². The lowest BCUT2D eigenvalue weighted by molar-refractivity contribution is -0.113. The van der Waals surface area contributed by atoms with Gasteiger partial charge in [-0.05, 0) is 63.6 Å². The molecule has 0 saturated carbocycles. The summed E-state index contributed by atoms with van der Waals surface area (Å²) in [6.45, 7) is 17.9. The molecule has 0 aromatic heterocycles. The van der Waals surface area contributed by atoms with Crippen LogP contribution in [0.5, 0.6) is 0 Å². The zero-order valence-corrected chi connectivity index (χ0v) is 19.3. The van der Waals surface area contributed by atoms with Crippen molar-refractivity contribution in [3.05, 3.63) is 76.9 Å². The minimum absolute atomic E-state index is 0.0819. The maximum Gasteiger partial charge on any atom is 0.156 e. The number of hydrogen-bond donors (Lipinski definition) is 0. The largest absolute Gasteiger partial charge is 0.351 e. The van der Waals surface area contributed by atoms with Gasteiger partial charge in [0.2, 0.25) is 0 Å². The number of benzene rings is 1. The lowest BCUT2D eigenvalue weighted by Gasteiger charge is -2.37. The van der Waals surface area contributed by atoms with Gasteiger partial charge in [0.15, 0.2) is 5.78 Å². The molecule has 0 N–H and O–H groups in total. The minimum atomic E-state index is 0.0819. The van der Waals surface area contributed by atoms with Gasteiger partial charge in [-0.3, -0.25) is 4.79 Å². The summed E-state index contributed by atoms with van der Waals surface area (Å²) in [5.41, 5.74) is 6.53. The number of carbonyl (C=O) groups is 1. The average molecular weight is 406 g/mol. The number of aliphatic imine (C=N–C) groups is 1. The summed E-state index contributed by atoms with van der Waals surface area (Å²) in [5, 5.41) is 0. The average Bonchev–Trinajstić information content (AvgIpc) is 2.73. The Kier molecular flexibility index (Phi) is 7.99. The number of anilines is 1. The van der Waals surface area contributed by atoms with Gasteiger partial charge >= 0.3 is 0 Å². The van der Waals surface area contributed by atoms with E-state index in [9.17, 15) is 4.79 Å². The van der Waals surface area contributed by atoms with E-state index in [2.05, 4.69) is 67.4 Å². The van der Waals surface area contributed by atoms with Gasteiger partial charge in [0.1, 0.15) is 5.82 Å². The molecule has 0 saturated heterocycles. The molecule has 30 heavy (non-hydrogen) atoms. The minimum Gasteiger partial charge on any atom is -0.351 e. The second-order valence-electron chi connectivity index (χ2n) is 7.91. The molecule has 1 atom stereocenters. The lowest BCUT2D eigenvalue weighted by Crippen LogP contribution is -2.35. The highest BCUT2D eigenvalue weighted by Gasteiger charge is 2.27. The molecule has 2 rings (SSSR count). The summed E-state index contributed by atoms with van der Waals surface area (Å²) in [7, 11) is 1.96. The van der Waals surface area contributed by atoms with Crippen molar-refractivity contribution in [2.24, 2.45) is 4.99 Å². The molecule has 0 bridgehead atoms. The molecule has 1 aromatic rings. The molecule has 1 aliphatic rings. The SMILES string of the molecule is C=NC1=C(Cc2ccc(N(C)C=C(C)C(C)=O)cc2)C(CC)=CC(CC)N1C(=C)C. The summed E-state index contributed by atoms with van der Waals surface area (Å²) in [4.78, 5) is 20.1. The van der Waals surface area contributed by atoms with E-state index in [4.69, 9.17) is 0 Å². The van der Waals surface area contributed by atoms with Crippen LogP contribution in [0.25, 0.3) is 0 Å². The molecular weight excluding hydrogens is 370 g/mol. The second kappa shape index (κ2) is 10.2. The van der Waals surface area contributed by atoms with Crippen molar-refractivity contribution in [3.63, 3.8) is 0 Å². The molecule has 0 radical (unpaired) electrons.